The Kier molecular flexibility index (Phi) is 8.02. The number of aromatic nitrogens is 1. The third-order valence-electron chi connectivity index (χ3n) is 6.69. The number of rotatable bonds is 9. The van der Waals surface area contributed by atoms with Crippen LogP contribution in [0.1, 0.15) is 24.2 Å². The smallest absolute Gasteiger partial charge is 0.276 e. The van der Waals surface area contributed by atoms with Gasteiger partial charge in [-0.25, -0.2) is 4.98 Å². The number of thioether (sulfide) groups is 1. The number of hydrogen-bond donors (Lipinski definition) is 2. The molecule has 2 aliphatic rings. The lowest BCUT2D eigenvalue weighted by Gasteiger charge is -2.51. The van der Waals surface area contributed by atoms with Crippen molar-refractivity contribution in [2.45, 2.75) is 24.4 Å². The molecule has 0 spiro atoms. The van der Waals surface area contributed by atoms with Gasteiger partial charge in [-0.15, -0.1) is 23.1 Å². The summed E-state index contributed by atoms with van der Waals surface area (Å²) in [6.45, 7) is 2.43. The number of anilines is 1. The Morgan fingerprint density at radius 3 is 2.63 bits per heavy atom. The molecule has 1 saturated heterocycles. The fourth-order valence-electron chi connectivity index (χ4n) is 4.47. The van der Waals surface area contributed by atoms with Crippen molar-refractivity contribution in [2.24, 2.45) is 5.16 Å². The van der Waals surface area contributed by atoms with Gasteiger partial charge in [-0.1, -0.05) is 28.9 Å². The summed E-state index contributed by atoms with van der Waals surface area (Å²) in [6, 6.07) is 6.60. The van der Waals surface area contributed by atoms with Crippen LogP contribution in [-0.4, -0.2) is 82.8 Å². The van der Waals surface area contributed by atoms with Gasteiger partial charge in [0.1, 0.15) is 36.8 Å². The maximum Gasteiger partial charge on any atom is 0.276 e. The van der Waals surface area contributed by atoms with Gasteiger partial charge in [-0.05, 0) is 19.1 Å². The first-order valence-electron chi connectivity index (χ1n) is 11.5. The molecule has 0 bridgehead atoms. The number of carboxylic acids is 1. The Labute approximate surface area is 232 Å². The number of benzene rings is 1. The van der Waals surface area contributed by atoms with Gasteiger partial charge >= 0.3 is 0 Å². The Morgan fingerprint density at radius 1 is 1.37 bits per heavy atom. The van der Waals surface area contributed by atoms with Gasteiger partial charge in [0.05, 0.1) is 25.8 Å². The topological polar surface area (TPSA) is 150 Å². The number of nitrogens with zero attached hydrogens (tertiary/aromatic N) is 4. The Bertz CT molecular complexity index is 1330. The average molecular weight is 579 g/mol. The Morgan fingerprint density at radius 2 is 2.05 bits per heavy atom. The van der Waals surface area contributed by atoms with E-state index in [4.69, 9.17) is 22.2 Å². The molecule has 0 radical (unpaired) electrons. The van der Waals surface area contributed by atoms with E-state index in [0.717, 1.165) is 16.9 Å². The van der Waals surface area contributed by atoms with E-state index in [1.165, 1.54) is 23.8 Å². The molecule has 202 valence electrons. The first kappa shape index (κ1) is 27.9. The van der Waals surface area contributed by atoms with Crippen LogP contribution in [0, 0.1) is 0 Å². The highest BCUT2D eigenvalue weighted by Gasteiger charge is 2.53. The van der Waals surface area contributed by atoms with Crippen molar-refractivity contribution < 1.29 is 28.8 Å². The lowest BCUT2D eigenvalue weighted by atomic mass is 10.0. The van der Waals surface area contributed by atoms with Gasteiger partial charge < -0.3 is 30.3 Å². The minimum Gasteiger partial charge on any atom is -0.543 e. The van der Waals surface area contributed by atoms with Crippen LogP contribution in [0.5, 0.6) is 0 Å². The number of nitrogen functional groups attached to an aromatic ring is 1. The van der Waals surface area contributed by atoms with Gasteiger partial charge in [0, 0.05) is 27.3 Å². The molecule has 3 N–H and O–H groups in total. The number of nitrogens with two attached hydrogens (primary N) is 1. The molecule has 3 atom stereocenters. The predicted molar refractivity (Wildman–Crippen MR) is 144 cm³/mol. The summed E-state index contributed by atoms with van der Waals surface area (Å²) in [6.07, 6.45) is 0. The molecule has 4 rings (SSSR count). The number of likely N-dealkylation sites (N-methyl/N-ethyl adjacent to an activating group) is 1. The number of thiazole rings is 1. The first-order chi connectivity index (χ1) is 17.9. The summed E-state index contributed by atoms with van der Waals surface area (Å²) in [7, 11) is 5.28. The van der Waals surface area contributed by atoms with E-state index < -0.39 is 29.2 Å². The number of halogens is 1. The predicted octanol–water partition coefficient (Wildman–Crippen LogP) is 0.971. The van der Waals surface area contributed by atoms with Crippen molar-refractivity contribution in [3.05, 3.63) is 57.2 Å². The number of oxime groups is 1. The maximum atomic E-state index is 13.1. The van der Waals surface area contributed by atoms with Crippen molar-refractivity contribution in [1.82, 2.24) is 15.2 Å². The van der Waals surface area contributed by atoms with E-state index >= 15 is 0 Å². The van der Waals surface area contributed by atoms with E-state index in [1.807, 2.05) is 38.4 Å². The fraction of sp³-hybridized carbons (Fsp3) is 0.375. The van der Waals surface area contributed by atoms with E-state index in [1.54, 1.807) is 5.38 Å². The van der Waals surface area contributed by atoms with Gasteiger partial charge in [-0.3, -0.25) is 14.5 Å². The number of nitrogens with one attached hydrogen (secondary N) is 1. The Balaban J connectivity index is 1.53. The zero-order valence-corrected chi connectivity index (χ0v) is 23.5. The third-order valence-corrected chi connectivity index (χ3v) is 8.95. The first-order valence-corrected chi connectivity index (χ1v) is 13.8. The molecule has 2 aromatic rings. The maximum absolute atomic E-state index is 13.1. The van der Waals surface area contributed by atoms with Crippen LogP contribution in [0.4, 0.5) is 5.13 Å². The molecule has 14 heteroatoms. The molecule has 2 amide bonds. The summed E-state index contributed by atoms with van der Waals surface area (Å²) in [5.41, 5.74) is 7.23. The number of carboxylic acid groups (broad SMARTS) is 1. The largest absolute Gasteiger partial charge is 0.543 e. The normalized spacial score (nSPS) is 20.5. The minimum atomic E-state index is -1.43. The third kappa shape index (κ3) is 5.37. The second-order valence-corrected chi connectivity index (χ2v) is 11.9. The van der Waals surface area contributed by atoms with Crippen molar-refractivity contribution in [1.29, 1.82) is 0 Å². The number of hydrogen-bond acceptors (Lipinski definition) is 10. The highest BCUT2D eigenvalue weighted by molar-refractivity contribution is 8.00. The molecule has 2 aliphatic heterocycles. The molecular weight excluding hydrogens is 552 g/mol. The highest BCUT2D eigenvalue weighted by atomic mass is 35.5. The van der Waals surface area contributed by atoms with Crippen LogP contribution >= 0.6 is 34.7 Å². The lowest BCUT2D eigenvalue weighted by molar-refractivity contribution is -0.914. The van der Waals surface area contributed by atoms with Crippen molar-refractivity contribution >= 4 is 63.3 Å². The number of fused-ring (bicyclic) bond motifs is 1. The molecule has 11 nitrogen and oxygen atoms in total. The van der Waals surface area contributed by atoms with Crippen LogP contribution in [0.3, 0.4) is 0 Å². The fourth-order valence-corrected chi connectivity index (χ4v) is 6.48. The molecule has 1 aromatic carbocycles. The standard InChI is InChI=1S/C24H27ClN6O5S2/c1-12(13-5-7-15(25)8-6-13)31(2,3)9-14-10-37-22-18(21(33)30(22)19(14)23(34)35)28-20(32)17(29-36-4)16-11-38-24(26)27-16/h5-8,11-12,18,22H,9-10H2,1-4H3,(H3-,26,27,28,32,34,35)/b29-17-/t12-,18-,22-/m1/s1. The van der Waals surface area contributed by atoms with Gasteiger partial charge in [-0.2, -0.15) is 0 Å². The molecule has 1 aromatic heterocycles. The lowest BCUT2D eigenvalue weighted by Crippen LogP contribution is -2.71. The number of quaternary nitrogens is 1. The summed E-state index contributed by atoms with van der Waals surface area (Å²) >= 11 is 8.54. The zero-order chi connectivity index (χ0) is 27.8. The second-order valence-electron chi connectivity index (χ2n) is 9.46. The number of carbonyl (C=O) groups excluding carboxylic acids is 3. The molecular formula is C24H27ClN6O5S2. The van der Waals surface area contributed by atoms with E-state index in [9.17, 15) is 19.5 Å². The van der Waals surface area contributed by atoms with Crippen LogP contribution in [-0.2, 0) is 19.2 Å². The van der Waals surface area contributed by atoms with Gasteiger partial charge in [0.25, 0.3) is 11.8 Å². The van der Waals surface area contributed by atoms with Crippen molar-refractivity contribution in [2.75, 3.05) is 39.2 Å². The van der Waals surface area contributed by atoms with Gasteiger partial charge in [0.2, 0.25) is 0 Å². The summed E-state index contributed by atoms with van der Waals surface area (Å²) in [4.78, 5) is 48.3. The molecule has 0 unspecified atom stereocenters. The molecule has 0 aliphatic carbocycles. The monoisotopic (exact) mass is 578 g/mol. The van der Waals surface area contributed by atoms with E-state index in [2.05, 4.69) is 22.4 Å². The number of aliphatic carboxylic acids is 1. The number of amides is 2. The SMILES string of the molecule is CO/N=C(\C(=O)N[C@@H]1C(=O)N2C(C(=O)[O-])=C(C[N+](C)(C)[C@H](C)c3ccc(Cl)cc3)CS[C@H]12)c1csc(N)n1. The second kappa shape index (κ2) is 10.9. The summed E-state index contributed by atoms with van der Waals surface area (Å²) in [5, 5.41) is 20.4. The molecule has 3 heterocycles. The van der Waals surface area contributed by atoms with Crippen LogP contribution in [0.2, 0.25) is 5.02 Å². The Hall–Kier alpha value is -3.13. The quantitative estimate of drug-likeness (QED) is 0.193. The average Bonchev–Trinajstić information content (AvgIpc) is 3.30. The van der Waals surface area contributed by atoms with Crippen LogP contribution < -0.4 is 16.2 Å². The van der Waals surface area contributed by atoms with E-state index in [0.29, 0.717) is 27.4 Å². The van der Waals surface area contributed by atoms with Gasteiger partial charge in [0.15, 0.2) is 10.8 Å². The van der Waals surface area contributed by atoms with Crippen molar-refractivity contribution in [3.63, 3.8) is 0 Å². The van der Waals surface area contributed by atoms with Crippen LogP contribution in [0.15, 0.2) is 46.1 Å². The molecule has 1 fully saturated rings. The minimum absolute atomic E-state index is 0.0165. The highest BCUT2D eigenvalue weighted by Crippen LogP contribution is 2.41. The molecule has 38 heavy (non-hydrogen) atoms. The van der Waals surface area contributed by atoms with Crippen LogP contribution in [0.25, 0.3) is 0 Å². The zero-order valence-electron chi connectivity index (χ0n) is 21.1. The van der Waals surface area contributed by atoms with Crippen molar-refractivity contribution in [3.8, 4) is 0 Å². The number of carbonyl (C=O) groups is 3. The summed E-state index contributed by atoms with van der Waals surface area (Å²) in [5.74, 6) is -2.30. The van der Waals surface area contributed by atoms with E-state index in [-0.39, 0.29) is 28.3 Å². The molecule has 0 saturated carbocycles. The summed E-state index contributed by atoms with van der Waals surface area (Å²) < 4.78 is 0.439. The number of β-lactam (4-membered cyclic amide) rings is 1.